The van der Waals surface area contributed by atoms with Gasteiger partial charge in [-0.15, -0.1) is 0 Å². The summed E-state index contributed by atoms with van der Waals surface area (Å²) in [6.07, 6.45) is 1.95. The van der Waals surface area contributed by atoms with Gasteiger partial charge in [0.1, 0.15) is 0 Å². The summed E-state index contributed by atoms with van der Waals surface area (Å²) in [6, 6.07) is 25.0. The van der Waals surface area contributed by atoms with E-state index in [0.717, 1.165) is 48.8 Å². The normalized spacial score (nSPS) is 13.3. The van der Waals surface area contributed by atoms with Crippen molar-refractivity contribution in [3.8, 4) is 11.3 Å². The van der Waals surface area contributed by atoms with E-state index in [-0.39, 0.29) is 12.3 Å². The zero-order chi connectivity index (χ0) is 24.7. The first-order valence-corrected chi connectivity index (χ1v) is 12.2. The SMILES string of the molecule is O=C(Cc1ccccc1Cl)Nc1ccc(-c2ccnc(Nc3ccc(N4CCOCC4)cc3)n2)cc1. The Morgan fingerprint density at radius 1 is 0.917 bits per heavy atom. The maximum atomic E-state index is 12.4. The summed E-state index contributed by atoms with van der Waals surface area (Å²) in [6.45, 7) is 3.33. The van der Waals surface area contributed by atoms with Gasteiger partial charge in [-0.3, -0.25) is 4.79 Å². The number of halogens is 1. The van der Waals surface area contributed by atoms with Crippen LogP contribution in [0.1, 0.15) is 5.56 Å². The third-order valence-corrected chi connectivity index (χ3v) is 6.30. The Labute approximate surface area is 215 Å². The lowest BCUT2D eigenvalue weighted by molar-refractivity contribution is -0.115. The summed E-state index contributed by atoms with van der Waals surface area (Å²) in [5, 5.41) is 6.78. The molecule has 7 nitrogen and oxygen atoms in total. The van der Waals surface area contributed by atoms with Crippen molar-refractivity contribution in [1.29, 1.82) is 0 Å². The van der Waals surface area contributed by atoms with Gasteiger partial charge >= 0.3 is 0 Å². The van der Waals surface area contributed by atoms with Gasteiger partial charge in [0, 0.05) is 46.9 Å². The molecule has 0 saturated carbocycles. The van der Waals surface area contributed by atoms with Crippen molar-refractivity contribution < 1.29 is 9.53 Å². The first-order valence-electron chi connectivity index (χ1n) is 11.8. The molecule has 1 saturated heterocycles. The van der Waals surface area contributed by atoms with Gasteiger partial charge in [-0.1, -0.05) is 41.9 Å². The predicted octanol–water partition coefficient (Wildman–Crippen LogP) is 5.56. The summed E-state index contributed by atoms with van der Waals surface area (Å²) in [4.78, 5) is 23.7. The van der Waals surface area contributed by atoms with Crippen molar-refractivity contribution in [2.45, 2.75) is 6.42 Å². The van der Waals surface area contributed by atoms with E-state index in [1.165, 1.54) is 5.69 Å². The first kappa shape index (κ1) is 23.8. The van der Waals surface area contributed by atoms with Gasteiger partial charge in [0.05, 0.1) is 25.3 Å². The van der Waals surface area contributed by atoms with Crippen molar-refractivity contribution in [3.63, 3.8) is 0 Å². The second-order valence-electron chi connectivity index (χ2n) is 8.43. The van der Waals surface area contributed by atoms with Crippen LogP contribution < -0.4 is 15.5 Å². The summed E-state index contributed by atoms with van der Waals surface area (Å²) >= 11 is 6.16. The third-order valence-electron chi connectivity index (χ3n) is 5.93. The minimum Gasteiger partial charge on any atom is -0.378 e. The zero-order valence-electron chi connectivity index (χ0n) is 19.7. The lowest BCUT2D eigenvalue weighted by Gasteiger charge is -2.28. The van der Waals surface area contributed by atoms with Crippen LogP contribution in [0.5, 0.6) is 0 Å². The molecule has 4 aromatic rings. The van der Waals surface area contributed by atoms with Crippen LogP contribution in [0.2, 0.25) is 5.02 Å². The fraction of sp³-hybridized carbons (Fsp3) is 0.179. The molecule has 0 radical (unpaired) electrons. The number of nitrogens with zero attached hydrogens (tertiary/aromatic N) is 3. The van der Waals surface area contributed by atoms with E-state index in [2.05, 4.69) is 37.6 Å². The Morgan fingerprint density at radius 3 is 2.39 bits per heavy atom. The van der Waals surface area contributed by atoms with Gasteiger partial charge in [0.25, 0.3) is 0 Å². The smallest absolute Gasteiger partial charge is 0.228 e. The van der Waals surface area contributed by atoms with Crippen molar-refractivity contribution in [2.24, 2.45) is 0 Å². The molecule has 1 aliphatic heterocycles. The third kappa shape index (κ3) is 6.00. The van der Waals surface area contributed by atoms with E-state index in [0.29, 0.717) is 16.7 Å². The summed E-state index contributed by atoms with van der Waals surface area (Å²) in [5.41, 5.74) is 5.31. The minimum atomic E-state index is -0.121. The molecule has 1 amide bonds. The molecule has 2 N–H and O–H groups in total. The molecule has 182 valence electrons. The van der Waals surface area contributed by atoms with Crippen LogP contribution in [0, 0.1) is 0 Å². The maximum Gasteiger partial charge on any atom is 0.228 e. The highest BCUT2D eigenvalue weighted by atomic mass is 35.5. The largest absolute Gasteiger partial charge is 0.378 e. The lowest BCUT2D eigenvalue weighted by atomic mass is 10.1. The van der Waals surface area contributed by atoms with Gasteiger partial charge in [-0.05, 0) is 54.1 Å². The summed E-state index contributed by atoms with van der Waals surface area (Å²) in [7, 11) is 0. The number of anilines is 4. The van der Waals surface area contributed by atoms with Crippen molar-refractivity contribution in [2.75, 3.05) is 41.8 Å². The molecule has 0 aliphatic carbocycles. The Morgan fingerprint density at radius 2 is 1.64 bits per heavy atom. The molecule has 0 atom stereocenters. The molecule has 3 aromatic carbocycles. The Balaban J connectivity index is 1.21. The summed E-state index contributed by atoms with van der Waals surface area (Å²) in [5.74, 6) is 0.396. The lowest BCUT2D eigenvalue weighted by Crippen LogP contribution is -2.36. The van der Waals surface area contributed by atoms with Gasteiger partial charge in [0.15, 0.2) is 0 Å². The van der Waals surface area contributed by atoms with Crippen LogP contribution in [0.25, 0.3) is 11.3 Å². The standard InChI is InChI=1S/C28H26ClN5O2/c29-25-4-2-1-3-21(25)19-27(35)31-22-7-5-20(6-8-22)26-13-14-30-28(33-26)32-23-9-11-24(12-10-23)34-15-17-36-18-16-34/h1-14H,15-19H2,(H,31,35)(H,30,32,33). The molecule has 0 spiro atoms. The molecule has 1 aliphatic rings. The minimum absolute atomic E-state index is 0.121. The average molecular weight is 500 g/mol. The molecular formula is C28H26ClN5O2. The Hall–Kier alpha value is -3.94. The van der Waals surface area contributed by atoms with Crippen LogP contribution in [0.3, 0.4) is 0 Å². The van der Waals surface area contributed by atoms with E-state index in [1.807, 2.05) is 60.7 Å². The highest BCUT2D eigenvalue weighted by Gasteiger charge is 2.11. The number of benzene rings is 3. The molecule has 1 aromatic heterocycles. The van der Waals surface area contributed by atoms with Crippen molar-refractivity contribution in [1.82, 2.24) is 9.97 Å². The molecule has 2 heterocycles. The Kier molecular flexibility index (Phi) is 7.40. The van der Waals surface area contributed by atoms with E-state index < -0.39 is 0 Å². The van der Waals surface area contributed by atoms with Crippen molar-refractivity contribution in [3.05, 3.63) is 95.6 Å². The fourth-order valence-corrected chi connectivity index (χ4v) is 4.23. The number of carbonyl (C=O) groups excluding carboxylic acids is 1. The number of hydrogen-bond acceptors (Lipinski definition) is 6. The van der Waals surface area contributed by atoms with Crippen LogP contribution in [-0.2, 0) is 16.0 Å². The number of nitrogens with one attached hydrogen (secondary N) is 2. The molecule has 8 heteroatoms. The molecular weight excluding hydrogens is 474 g/mol. The average Bonchev–Trinajstić information content (AvgIpc) is 2.91. The second kappa shape index (κ2) is 11.2. The molecule has 5 rings (SSSR count). The topological polar surface area (TPSA) is 79.4 Å². The highest BCUT2D eigenvalue weighted by Crippen LogP contribution is 2.24. The van der Waals surface area contributed by atoms with Gasteiger partial charge in [0.2, 0.25) is 11.9 Å². The quantitative estimate of drug-likeness (QED) is 0.346. The number of ether oxygens (including phenoxy) is 1. The zero-order valence-corrected chi connectivity index (χ0v) is 20.4. The second-order valence-corrected chi connectivity index (χ2v) is 8.84. The summed E-state index contributed by atoms with van der Waals surface area (Å²) < 4.78 is 5.43. The fourth-order valence-electron chi connectivity index (χ4n) is 4.03. The van der Waals surface area contributed by atoms with Gasteiger partial charge in [-0.2, -0.15) is 0 Å². The molecule has 36 heavy (non-hydrogen) atoms. The monoisotopic (exact) mass is 499 g/mol. The molecule has 0 unspecified atom stereocenters. The predicted molar refractivity (Wildman–Crippen MR) is 144 cm³/mol. The number of rotatable bonds is 7. The maximum absolute atomic E-state index is 12.4. The number of aromatic nitrogens is 2. The number of hydrogen-bond donors (Lipinski definition) is 2. The van der Waals surface area contributed by atoms with E-state index >= 15 is 0 Å². The van der Waals surface area contributed by atoms with Crippen LogP contribution in [0.4, 0.5) is 23.0 Å². The number of carbonyl (C=O) groups is 1. The van der Waals surface area contributed by atoms with Crippen LogP contribution in [-0.4, -0.2) is 42.2 Å². The first-order chi connectivity index (χ1) is 17.6. The number of morpholine rings is 1. The van der Waals surface area contributed by atoms with E-state index in [4.69, 9.17) is 16.3 Å². The van der Waals surface area contributed by atoms with Gasteiger partial charge < -0.3 is 20.3 Å². The van der Waals surface area contributed by atoms with Crippen LogP contribution >= 0.6 is 11.6 Å². The van der Waals surface area contributed by atoms with E-state index in [1.54, 1.807) is 12.3 Å². The number of amides is 1. The van der Waals surface area contributed by atoms with E-state index in [9.17, 15) is 4.79 Å². The molecule has 1 fully saturated rings. The van der Waals surface area contributed by atoms with Crippen LogP contribution in [0.15, 0.2) is 85.1 Å². The van der Waals surface area contributed by atoms with Crippen molar-refractivity contribution >= 4 is 40.5 Å². The van der Waals surface area contributed by atoms with Gasteiger partial charge in [-0.25, -0.2) is 9.97 Å². The molecule has 0 bridgehead atoms. The Bertz CT molecular complexity index is 1320. The highest BCUT2D eigenvalue weighted by molar-refractivity contribution is 6.31.